The molecule has 0 aliphatic carbocycles. The highest BCUT2D eigenvalue weighted by Crippen LogP contribution is 2.23. The molecule has 0 spiro atoms. The van der Waals surface area contributed by atoms with Gasteiger partial charge in [-0.15, -0.1) is 0 Å². The number of aliphatic hydroxyl groups is 1. The van der Waals surface area contributed by atoms with Gasteiger partial charge in [0.1, 0.15) is 19.8 Å². The van der Waals surface area contributed by atoms with Crippen molar-refractivity contribution in [2.75, 3.05) is 95.8 Å². The van der Waals surface area contributed by atoms with Gasteiger partial charge in [0.2, 0.25) is 0 Å². The van der Waals surface area contributed by atoms with Gasteiger partial charge in [-0.25, -0.2) is 0 Å². The molecule has 2 N–H and O–H groups in total. The van der Waals surface area contributed by atoms with Crippen LogP contribution < -0.4 is 0 Å². The number of carboxylic acid groups (broad SMARTS) is 1. The lowest BCUT2D eigenvalue weighted by Gasteiger charge is -2.20. The number of allylic oxidation sites excluding steroid dienone is 2. The van der Waals surface area contributed by atoms with E-state index in [2.05, 4.69) is 31.9 Å². The average Bonchev–Trinajstić information content (AvgIpc) is 3.20. The zero-order chi connectivity index (χ0) is 51.5. The maximum Gasteiger partial charge on any atom is 0.311 e. The van der Waals surface area contributed by atoms with Crippen molar-refractivity contribution in [1.82, 2.24) is 19.6 Å². The molecule has 0 fully saturated rings. The van der Waals surface area contributed by atoms with Crippen LogP contribution in [0, 0.1) is 33.5 Å². The van der Waals surface area contributed by atoms with Gasteiger partial charge < -0.3 is 44.0 Å². The first-order valence-corrected chi connectivity index (χ1v) is 22.9. The van der Waals surface area contributed by atoms with E-state index < -0.39 is 11.4 Å². The molecule has 2 unspecified atom stereocenters. The van der Waals surface area contributed by atoms with Crippen LogP contribution in [0.5, 0.6) is 0 Å². The normalized spacial score (nSPS) is 11.9. The SMILES string of the molecule is C.C=C(C(C)CC)N(C)C.C=C(O)C(C)CC.CCC(C)(C)C(=O)O.CCC(C)(C)C(=O)OCCN(C)C.CCC(C)(C)C(=O)OCCN(C)C.CCC(C)(C)C(=O)OCCN(C)C. The molecule has 0 saturated carbocycles. The third kappa shape index (κ3) is 44.1. The van der Waals surface area contributed by atoms with Gasteiger partial charge in [-0.3, -0.25) is 19.2 Å². The van der Waals surface area contributed by atoms with Gasteiger partial charge in [-0.05, 0) is 142 Å². The van der Waals surface area contributed by atoms with E-state index in [-0.39, 0.29) is 47.5 Å². The Balaban J connectivity index is -0.000000123. The van der Waals surface area contributed by atoms with E-state index >= 15 is 0 Å². The van der Waals surface area contributed by atoms with Crippen molar-refractivity contribution in [3.05, 3.63) is 24.6 Å². The van der Waals surface area contributed by atoms with Crippen LogP contribution in [-0.4, -0.2) is 150 Å². The predicted octanol–water partition coefficient (Wildman–Crippen LogP) is 10.9. The molecule has 0 saturated heterocycles. The van der Waals surface area contributed by atoms with Gasteiger partial charge in [0.05, 0.1) is 27.4 Å². The second-order valence-corrected chi connectivity index (χ2v) is 19.6. The van der Waals surface area contributed by atoms with Crippen molar-refractivity contribution in [2.24, 2.45) is 33.5 Å². The first-order chi connectivity index (χ1) is 28.5. The van der Waals surface area contributed by atoms with Gasteiger partial charge in [-0.1, -0.05) is 76.0 Å². The molecule has 0 aliphatic heterocycles. The number of carboxylic acids is 1. The van der Waals surface area contributed by atoms with E-state index in [0.29, 0.717) is 37.9 Å². The fraction of sp³-hybridized carbons (Fsp3) is 0.843. The van der Waals surface area contributed by atoms with Crippen molar-refractivity contribution >= 4 is 23.9 Å². The van der Waals surface area contributed by atoms with E-state index in [9.17, 15) is 19.2 Å². The molecular weight excluding hydrogens is 813 g/mol. The second-order valence-electron chi connectivity index (χ2n) is 19.6. The number of aliphatic carboxylic acids is 1. The Morgan fingerprint density at radius 2 is 0.719 bits per heavy atom. The monoisotopic (exact) mass is 921 g/mol. The first kappa shape index (κ1) is 75.2. The summed E-state index contributed by atoms with van der Waals surface area (Å²) in [6, 6.07) is 0. The Hall–Kier alpha value is -3.16. The Morgan fingerprint density at radius 3 is 0.812 bits per heavy atom. The molecule has 0 rings (SSSR count). The molecule has 0 bridgehead atoms. The smallest absolute Gasteiger partial charge is 0.311 e. The molecule has 0 aromatic carbocycles. The molecule has 386 valence electrons. The highest BCUT2D eigenvalue weighted by Gasteiger charge is 2.28. The lowest BCUT2D eigenvalue weighted by molar-refractivity contribution is -0.155. The van der Waals surface area contributed by atoms with Crippen LogP contribution in [0.25, 0.3) is 0 Å². The minimum absolute atomic E-state index is 0. The summed E-state index contributed by atoms with van der Waals surface area (Å²) in [7, 11) is 15.8. The maximum absolute atomic E-state index is 11.4. The standard InChI is InChI=1S/3C10H21NO2.C8H17N.C6H12O2.C6H12O.CH4/c3*1-6-10(2,3)9(12)13-8-7-11(4)5;1-6-7(2)8(3)9(4)5;1-4-6(2,3)5(7)8;1-4-5(2)6(3)7;/h3*6-8H2,1-5H3;7H,3,6H2,1-2,4-5H3;4H2,1-3H3,(H,7,8);5,7H,3-4H2,1-2H3;1H4. The topological polar surface area (TPSA) is 149 Å². The Labute approximate surface area is 396 Å². The minimum Gasteiger partial charge on any atom is -0.513 e. The molecule has 0 radical (unpaired) electrons. The summed E-state index contributed by atoms with van der Waals surface area (Å²) in [6.07, 6.45) is 5.27. The van der Waals surface area contributed by atoms with Crippen LogP contribution >= 0.6 is 0 Å². The van der Waals surface area contributed by atoms with Crippen molar-refractivity contribution in [3.8, 4) is 0 Å². The van der Waals surface area contributed by atoms with Crippen LogP contribution in [0.2, 0.25) is 0 Å². The lowest BCUT2D eigenvalue weighted by Crippen LogP contribution is -2.28. The summed E-state index contributed by atoms with van der Waals surface area (Å²) in [5.74, 6) is 0.160. The number of likely N-dealkylation sites (N-methyl/N-ethyl adjacent to an activating group) is 3. The molecule has 2 atom stereocenters. The maximum atomic E-state index is 11.4. The fourth-order valence-electron chi connectivity index (χ4n) is 3.05. The third-order valence-corrected chi connectivity index (χ3v) is 11.0. The highest BCUT2D eigenvalue weighted by molar-refractivity contribution is 5.76. The minimum atomic E-state index is -0.722. The molecule has 0 amide bonds. The number of esters is 3. The number of aliphatic hydroxyl groups excluding tert-OH is 1. The largest absolute Gasteiger partial charge is 0.513 e. The second kappa shape index (κ2) is 40.1. The van der Waals surface area contributed by atoms with Gasteiger partial charge in [0.15, 0.2) is 0 Å². The molecule has 0 aromatic heterocycles. The summed E-state index contributed by atoms with van der Waals surface area (Å²) in [4.78, 5) is 52.6. The molecule has 0 heterocycles. The average molecular weight is 921 g/mol. The van der Waals surface area contributed by atoms with Crippen molar-refractivity contribution in [1.29, 1.82) is 0 Å². The van der Waals surface area contributed by atoms with E-state index in [1.807, 2.05) is 154 Å². The number of carbonyl (C=O) groups is 4. The highest BCUT2D eigenvalue weighted by atomic mass is 16.5. The molecule has 13 nitrogen and oxygen atoms in total. The van der Waals surface area contributed by atoms with Crippen LogP contribution in [-0.2, 0) is 33.4 Å². The van der Waals surface area contributed by atoms with Crippen LogP contribution in [0.1, 0.15) is 157 Å². The Bertz CT molecular complexity index is 1140. The van der Waals surface area contributed by atoms with Gasteiger partial charge in [-0.2, -0.15) is 0 Å². The Kier molecular flexibility index (Phi) is 47.1. The third-order valence-electron chi connectivity index (χ3n) is 11.0. The van der Waals surface area contributed by atoms with Gasteiger partial charge in [0, 0.05) is 45.3 Å². The number of carbonyl (C=O) groups excluding carboxylic acids is 3. The lowest BCUT2D eigenvalue weighted by atomic mass is 9.91. The summed E-state index contributed by atoms with van der Waals surface area (Å²) < 4.78 is 15.4. The van der Waals surface area contributed by atoms with Crippen molar-refractivity contribution in [2.45, 2.75) is 157 Å². The van der Waals surface area contributed by atoms with E-state index in [4.69, 9.17) is 24.4 Å². The summed E-state index contributed by atoms with van der Waals surface area (Å²) in [6.45, 7) is 42.2. The predicted molar refractivity (Wildman–Crippen MR) is 273 cm³/mol. The molecule has 13 heteroatoms. The fourth-order valence-corrected chi connectivity index (χ4v) is 3.05. The van der Waals surface area contributed by atoms with Crippen LogP contribution in [0.4, 0.5) is 0 Å². The quantitative estimate of drug-likeness (QED) is 0.0603. The van der Waals surface area contributed by atoms with E-state index in [1.165, 1.54) is 12.1 Å². The first-order valence-electron chi connectivity index (χ1n) is 22.9. The van der Waals surface area contributed by atoms with Crippen molar-refractivity contribution < 1.29 is 43.6 Å². The Morgan fingerprint density at radius 1 is 0.484 bits per heavy atom. The van der Waals surface area contributed by atoms with E-state index in [1.54, 1.807) is 13.8 Å². The van der Waals surface area contributed by atoms with Crippen LogP contribution in [0.15, 0.2) is 24.6 Å². The number of rotatable bonds is 22. The number of ether oxygens (including phenoxy) is 3. The number of hydrogen-bond donors (Lipinski definition) is 2. The van der Waals surface area contributed by atoms with Gasteiger partial charge in [0.25, 0.3) is 0 Å². The summed E-state index contributed by atoms with van der Waals surface area (Å²) >= 11 is 0. The summed E-state index contributed by atoms with van der Waals surface area (Å²) in [5, 5.41) is 17.1. The van der Waals surface area contributed by atoms with E-state index in [0.717, 1.165) is 45.3 Å². The molecular formula is C51H108N4O9. The number of hydrogen-bond acceptors (Lipinski definition) is 12. The van der Waals surface area contributed by atoms with Crippen LogP contribution in [0.3, 0.4) is 0 Å². The number of nitrogens with zero attached hydrogens (tertiary/aromatic N) is 4. The van der Waals surface area contributed by atoms with Crippen molar-refractivity contribution in [3.63, 3.8) is 0 Å². The zero-order valence-corrected chi connectivity index (χ0v) is 45.6. The molecule has 0 aromatic rings. The molecule has 64 heavy (non-hydrogen) atoms. The molecule has 0 aliphatic rings. The zero-order valence-electron chi connectivity index (χ0n) is 45.6. The van der Waals surface area contributed by atoms with Gasteiger partial charge >= 0.3 is 23.9 Å². The summed E-state index contributed by atoms with van der Waals surface area (Å²) in [5.41, 5.74) is -0.345.